The van der Waals surface area contributed by atoms with E-state index in [9.17, 15) is 4.55 Å². The Bertz CT molecular complexity index is 522. The molecule has 2 heteroatoms. The van der Waals surface area contributed by atoms with E-state index < -0.39 is 10.3 Å². The molecule has 0 aliphatic heterocycles. The third-order valence-corrected chi connectivity index (χ3v) is 8.71. The highest BCUT2D eigenvalue weighted by atomic mass is 32.3. The highest BCUT2D eigenvalue weighted by molar-refractivity contribution is 8.33. The molecule has 0 aromatic heterocycles. The molecule has 4 atom stereocenters. The Hall–Kier alpha value is -0.990. The Kier molecular flexibility index (Phi) is 4.56. The third-order valence-electron chi connectivity index (χ3n) is 4.82. The summed E-state index contributed by atoms with van der Waals surface area (Å²) in [5.74, 6) is 0.463. The van der Waals surface area contributed by atoms with E-state index in [0.717, 1.165) is 19.3 Å². The van der Waals surface area contributed by atoms with Gasteiger partial charge in [-0.3, -0.25) is 0 Å². The summed E-state index contributed by atoms with van der Waals surface area (Å²) in [5, 5.41) is 0.600. The molecule has 0 saturated heterocycles. The summed E-state index contributed by atoms with van der Waals surface area (Å²) in [5.41, 5.74) is 0. The molecule has 0 heterocycles. The lowest BCUT2D eigenvalue weighted by Gasteiger charge is -2.50. The lowest BCUT2D eigenvalue weighted by atomic mass is 10.0. The molecule has 1 N–H and O–H groups in total. The molecule has 3 aliphatic carbocycles. The quantitative estimate of drug-likeness (QED) is 0.659. The number of allylic oxidation sites excluding steroid dienone is 8. The molecule has 0 amide bonds. The molecule has 1 nitrogen and oxygen atoms in total. The average molecular weight is 302 g/mol. The highest BCUT2D eigenvalue weighted by Gasteiger charge is 2.41. The molecule has 0 radical (unpaired) electrons. The molecule has 4 unspecified atom stereocenters. The van der Waals surface area contributed by atoms with Crippen LogP contribution < -0.4 is 0 Å². The van der Waals surface area contributed by atoms with Gasteiger partial charge in [0.25, 0.3) is 0 Å². The zero-order valence-electron chi connectivity index (χ0n) is 12.8. The first kappa shape index (κ1) is 14.9. The summed E-state index contributed by atoms with van der Waals surface area (Å²) in [6.45, 7) is 2.27. The molecular weight excluding hydrogens is 276 g/mol. The minimum atomic E-state index is -1.81. The first-order chi connectivity index (χ1) is 10.2. The molecule has 0 fully saturated rings. The highest BCUT2D eigenvalue weighted by Crippen LogP contribution is 2.66. The van der Waals surface area contributed by atoms with Crippen LogP contribution in [0, 0.1) is 5.92 Å². The van der Waals surface area contributed by atoms with Crippen LogP contribution in [-0.2, 0) is 0 Å². The lowest BCUT2D eigenvalue weighted by Crippen LogP contribution is -2.31. The predicted octanol–water partition coefficient (Wildman–Crippen LogP) is 5.74. The van der Waals surface area contributed by atoms with Gasteiger partial charge in [-0.15, -0.1) is 10.3 Å². The SMILES string of the molecule is CC1CC=CC=C1S(O)(C1C=CC=CC1)C1C=CCCC1. The van der Waals surface area contributed by atoms with Crippen molar-refractivity contribution in [2.24, 2.45) is 5.92 Å². The van der Waals surface area contributed by atoms with Crippen molar-refractivity contribution in [3.05, 3.63) is 59.6 Å². The molecule has 0 saturated carbocycles. The average Bonchev–Trinajstić information content (AvgIpc) is 2.56. The van der Waals surface area contributed by atoms with Crippen molar-refractivity contribution in [1.82, 2.24) is 0 Å². The molecule has 0 spiro atoms. The fourth-order valence-corrected chi connectivity index (χ4v) is 7.43. The van der Waals surface area contributed by atoms with Crippen LogP contribution in [0.5, 0.6) is 0 Å². The Morgan fingerprint density at radius 1 is 1.00 bits per heavy atom. The molecule has 21 heavy (non-hydrogen) atoms. The summed E-state index contributed by atoms with van der Waals surface area (Å²) in [6, 6.07) is 0. The van der Waals surface area contributed by atoms with Crippen LogP contribution in [0.25, 0.3) is 0 Å². The fraction of sp³-hybridized carbons (Fsp3) is 0.474. The molecular formula is C19H26OS. The van der Waals surface area contributed by atoms with Crippen LogP contribution in [0.3, 0.4) is 0 Å². The summed E-state index contributed by atoms with van der Waals surface area (Å²) < 4.78 is 11.9. The van der Waals surface area contributed by atoms with Crippen molar-refractivity contribution < 1.29 is 4.55 Å². The minimum absolute atomic E-state index is 0.274. The second-order valence-corrected chi connectivity index (χ2v) is 9.32. The van der Waals surface area contributed by atoms with E-state index in [0.29, 0.717) is 11.2 Å². The smallest absolute Gasteiger partial charge is 0.0363 e. The van der Waals surface area contributed by atoms with Crippen molar-refractivity contribution in [2.45, 2.75) is 49.5 Å². The van der Waals surface area contributed by atoms with Gasteiger partial charge in [0, 0.05) is 10.5 Å². The molecule has 0 aromatic rings. The van der Waals surface area contributed by atoms with Gasteiger partial charge in [0.2, 0.25) is 0 Å². The van der Waals surface area contributed by atoms with E-state index in [1.54, 1.807) is 0 Å². The summed E-state index contributed by atoms with van der Waals surface area (Å²) in [4.78, 5) is 1.31. The van der Waals surface area contributed by atoms with Gasteiger partial charge in [0.15, 0.2) is 0 Å². The van der Waals surface area contributed by atoms with Gasteiger partial charge in [-0.2, -0.15) is 0 Å². The Morgan fingerprint density at radius 2 is 1.86 bits per heavy atom. The monoisotopic (exact) mass is 302 g/mol. The first-order valence-electron chi connectivity index (χ1n) is 8.13. The maximum atomic E-state index is 11.9. The second-order valence-electron chi connectivity index (χ2n) is 6.29. The Morgan fingerprint density at radius 3 is 2.52 bits per heavy atom. The van der Waals surface area contributed by atoms with Crippen molar-refractivity contribution >= 4 is 10.3 Å². The van der Waals surface area contributed by atoms with Gasteiger partial charge in [-0.1, -0.05) is 61.6 Å². The van der Waals surface area contributed by atoms with E-state index in [1.807, 2.05) is 0 Å². The lowest BCUT2D eigenvalue weighted by molar-refractivity contribution is 0.581. The second kappa shape index (κ2) is 6.41. The van der Waals surface area contributed by atoms with Gasteiger partial charge in [-0.05, 0) is 42.9 Å². The molecule has 3 aliphatic rings. The van der Waals surface area contributed by atoms with Crippen molar-refractivity contribution in [3.63, 3.8) is 0 Å². The van der Waals surface area contributed by atoms with Gasteiger partial charge in [0.05, 0.1) is 0 Å². The zero-order chi connectivity index (χ0) is 14.7. The topological polar surface area (TPSA) is 20.2 Å². The normalized spacial score (nSPS) is 36.1. The van der Waals surface area contributed by atoms with E-state index in [2.05, 4.69) is 61.6 Å². The van der Waals surface area contributed by atoms with Crippen LogP contribution in [0.1, 0.15) is 39.0 Å². The van der Waals surface area contributed by atoms with Crippen LogP contribution in [0.2, 0.25) is 0 Å². The van der Waals surface area contributed by atoms with Gasteiger partial charge < -0.3 is 4.55 Å². The predicted molar refractivity (Wildman–Crippen MR) is 94.7 cm³/mol. The number of rotatable bonds is 3. The standard InChI is InChI=1S/C19H26OS/c1-16-10-8-9-15-19(16)21(20,17-11-4-2-5-12-17)18-13-6-3-7-14-18/h2,4-6,8-9,11,13,15-18,20H,3,7,10,12,14H2,1H3. The third kappa shape index (κ3) is 2.84. The first-order valence-corrected chi connectivity index (χ1v) is 9.85. The van der Waals surface area contributed by atoms with E-state index in [1.165, 1.54) is 17.7 Å². The Balaban J connectivity index is 2.01. The minimum Gasteiger partial charge on any atom is -0.346 e. The van der Waals surface area contributed by atoms with Crippen LogP contribution >= 0.6 is 10.3 Å². The maximum Gasteiger partial charge on any atom is 0.0363 e. The van der Waals surface area contributed by atoms with Crippen molar-refractivity contribution in [1.29, 1.82) is 0 Å². The number of hydrogen-bond acceptors (Lipinski definition) is 1. The molecule has 3 rings (SSSR count). The summed E-state index contributed by atoms with van der Waals surface area (Å²) in [7, 11) is -1.81. The molecule has 0 bridgehead atoms. The van der Waals surface area contributed by atoms with E-state index in [4.69, 9.17) is 0 Å². The zero-order valence-corrected chi connectivity index (χ0v) is 13.6. The van der Waals surface area contributed by atoms with E-state index >= 15 is 0 Å². The number of hydrogen-bond donors (Lipinski definition) is 1. The molecule has 0 aromatic carbocycles. The van der Waals surface area contributed by atoms with Crippen LogP contribution in [0.15, 0.2) is 59.6 Å². The Labute approximate surface area is 130 Å². The summed E-state index contributed by atoms with van der Waals surface area (Å²) in [6.07, 6.45) is 25.4. The van der Waals surface area contributed by atoms with Crippen LogP contribution in [-0.4, -0.2) is 15.1 Å². The fourth-order valence-electron chi connectivity index (χ4n) is 3.64. The van der Waals surface area contributed by atoms with Crippen molar-refractivity contribution in [3.8, 4) is 0 Å². The van der Waals surface area contributed by atoms with Gasteiger partial charge in [-0.25, -0.2) is 0 Å². The van der Waals surface area contributed by atoms with E-state index in [-0.39, 0.29) is 5.25 Å². The van der Waals surface area contributed by atoms with Crippen LogP contribution in [0.4, 0.5) is 0 Å². The van der Waals surface area contributed by atoms with Gasteiger partial charge in [0.1, 0.15) is 0 Å². The van der Waals surface area contributed by atoms with Crippen molar-refractivity contribution in [2.75, 3.05) is 0 Å². The maximum absolute atomic E-state index is 11.9. The summed E-state index contributed by atoms with van der Waals surface area (Å²) >= 11 is 0. The van der Waals surface area contributed by atoms with Gasteiger partial charge >= 0.3 is 0 Å². The molecule has 114 valence electrons. The largest absolute Gasteiger partial charge is 0.346 e.